The van der Waals surface area contributed by atoms with Crippen molar-refractivity contribution in [3.63, 3.8) is 0 Å². The first kappa shape index (κ1) is 12.0. The zero-order valence-electron chi connectivity index (χ0n) is 10.1. The number of nitrogens with zero attached hydrogens (tertiary/aromatic N) is 2. The Morgan fingerprint density at radius 2 is 2.12 bits per heavy atom. The molecular formula is C14H15ClN2. The molecule has 17 heavy (non-hydrogen) atoms. The lowest BCUT2D eigenvalue weighted by Crippen LogP contribution is -2.11. The van der Waals surface area contributed by atoms with Crippen molar-refractivity contribution in [1.82, 2.24) is 4.57 Å². The zero-order valence-corrected chi connectivity index (χ0v) is 10.8. The highest BCUT2D eigenvalue weighted by Gasteiger charge is 2.17. The molecule has 0 spiro atoms. The predicted molar refractivity (Wildman–Crippen MR) is 71.0 cm³/mol. The van der Waals surface area contributed by atoms with Crippen molar-refractivity contribution in [1.29, 1.82) is 5.26 Å². The van der Waals surface area contributed by atoms with Crippen molar-refractivity contribution in [3.8, 4) is 6.07 Å². The van der Waals surface area contributed by atoms with Gasteiger partial charge in [0, 0.05) is 18.1 Å². The SMILES string of the molecule is CC(C)(C#N)CCn1ccc2cccc(Cl)c21. The van der Waals surface area contributed by atoms with Crippen LogP contribution in [0.4, 0.5) is 0 Å². The fourth-order valence-corrected chi connectivity index (χ4v) is 2.15. The van der Waals surface area contributed by atoms with Crippen LogP contribution in [0.1, 0.15) is 20.3 Å². The van der Waals surface area contributed by atoms with Crippen LogP contribution in [0.25, 0.3) is 10.9 Å². The van der Waals surface area contributed by atoms with Gasteiger partial charge in [-0.3, -0.25) is 0 Å². The van der Waals surface area contributed by atoms with Crippen LogP contribution < -0.4 is 0 Å². The molecule has 0 amide bonds. The number of hydrogen-bond acceptors (Lipinski definition) is 1. The number of para-hydroxylation sites is 1. The summed E-state index contributed by atoms with van der Waals surface area (Å²) in [5.41, 5.74) is 0.764. The van der Waals surface area contributed by atoms with Gasteiger partial charge in [-0.1, -0.05) is 23.7 Å². The van der Waals surface area contributed by atoms with Crippen molar-refractivity contribution in [3.05, 3.63) is 35.5 Å². The third-order valence-electron chi connectivity index (χ3n) is 3.02. The number of aryl methyl sites for hydroxylation is 1. The van der Waals surface area contributed by atoms with E-state index < -0.39 is 0 Å². The van der Waals surface area contributed by atoms with Gasteiger partial charge in [-0.15, -0.1) is 0 Å². The second kappa shape index (κ2) is 4.43. The van der Waals surface area contributed by atoms with Crippen molar-refractivity contribution >= 4 is 22.5 Å². The molecule has 1 aromatic heterocycles. The molecule has 0 saturated carbocycles. The quantitative estimate of drug-likeness (QED) is 0.797. The first-order chi connectivity index (χ1) is 8.03. The van der Waals surface area contributed by atoms with E-state index in [2.05, 4.69) is 16.7 Å². The summed E-state index contributed by atoms with van der Waals surface area (Å²) in [5.74, 6) is 0. The van der Waals surface area contributed by atoms with E-state index in [1.54, 1.807) is 0 Å². The van der Waals surface area contributed by atoms with Crippen LogP contribution in [0.5, 0.6) is 0 Å². The largest absolute Gasteiger partial charge is 0.346 e. The molecule has 0 atom stereocenters. The molecule has 0 bridgehead atoms. The Morgan fingerprint density at radius 1 is 1.35 bits per heavy atom. The molecule has 2 nitrogen and oxygen atoms in total. The minimum Gasteiger partial charge on any atom is -0.346 e. The molecule has 0 N–H and O–H groups in total. The van der Waals surface area contributed by atoms with E-state index in [9.17, 15) is 0 Å². The van der Waals surface area contributed by atoms with E-state index in [1.807, 2.05) is 38.2 Å². The molecule has 1 aromatic carbocycles. The number of nitriles is 1. The van der Waals surface area contributed by atoms with Crippen molar-refractivity contribution in [2.24, 2.45) is 5.41 Å². The van der Waals surface area contributed by atoms with Crippen LogP contribution in [0.15, 0.2) is 30.5 Å². The van der Waals surface area contributed by atoms with Gasteiger partial charge < -0.3 is 4.57 Å². The highest BCUT2D eigenvalue weighted by molar-refractivity contribution is 6.35. The summed E-state index contributed by atoms with van der Waals surface area (Å²) in [6, 6.07) is 10.3. The van der Waals surface area contributed by atoms with E-state index in [0.29, 0.717) is 0 Å². The lowest BCUT2D eigenvalue weighted by Gasteiger charge is -2.16. The summed E-state index contributed by atoms with van der Waals surface area (Å²) in [7, 11) is 0. The summed E-state index contributed by atoms with van der Waals surface area (Å²) in [6.45, 7) is 4.73. The van der Waals surface area contributed by atoms with Gasteiger partial charge >= 0.3 is 0 Å². The Hall–Kier alpha value is -1.46. The topological polar surface area (TPSA) is 28.7 Å². The second-order valence-electron chi connectivity index (χ2n) is 4.93. The van der Waals surface area contributed by atoms with Gasteiger partial charge in [0.1, 0.15) is 0 Å². The maximum atomic E-state index is 9.01. The van der Waals surface area contributed by atoms with Gasteiger partial charge in [0.2, 0.25) is 0 Å². The molecule has 2 aromatic rings. The summed E-state index contributed by atoms with van der Waals surface area (Å²) in [4.78, 5) is 0. The van der Waals surface area contributed by atoms with Crippen molar-refractivity contribution < 1.29 is 0 Å². The maximum absolute atomic E-state index is 9.01. The third kappa shape index (κ3) is 2.45. The standard InChI is InChI=1S/C14H15ClN2/c1-14(2,10-16)7-9-17-8-6-11-4-3-5-12(15)13(11)17/h3-6,8H,7,9H2,1-2H3. The fourth-order valence-electron chi connectivity index (χ4n) is 1.86. The molecule has 0 unspecified atom stereocenters. The van der Waals surface area contributed by atoms with E-state index in [4.69, 9.17) is 16.9 Å². The number of aromatic nitrogens is 1. The van der Waals surface area contributed by atoms with Gasteiger partial charge in [-0.25, -0.2) is 0 Å². The van der Waals surface area contributed by atoms with Crippen LogP contribution in [0, 0.1) is 16.7 Å². The summed E-state index contributed by atoms with van der Waals surface area (Å²) >= 11 is 6.20. The van der Waals surface area contributed by atoms with Crippen LogP contribution in [-0.2, 0) is 6.54 Å². The average Bonchev–Trinajstić information content (AvgIpc) is 2.71. The maximum Gasteiger partial charge on any atom is 0.0684 e. The number of fused-ring (bicyclic) bond motifs is 1. The molecule has 0 aliphatic heterocycles. The van der Waals surface area contributed by atoms with E-state index in [1.165, 1.54) is 0 Å². The average molecular weight is 247 g/mol. The second-order valence-corrected chi connectivity index (χ2v) is 5.34. The highest BCUT2D eigenvalue weighted by Crippen LogP contribution is 2.26. The Labute approximate surface area is 106 Å². The molecular weight excluding hydrogens is 232 g/mol. The highest BCUT2D eigenvalue weighted by atomic mass is 35.5. The number of benzene rings is 1. The molecule has 0 fully saturated rings. The predicted octanol–water partition coefficient (Wildman–Crippen LogP) is 4.23. The van der Waals surface area contributed by atoms with Gasteiger partial charge in [0.05, 0.1) is 22.0 Å². The third-order valence-corrected chi connectivity index (χ3v) is 3.32. The minimum absolute atomic E-state index is 0.294. The van der Waals surface area contributed by atoms with E-state index >= 15 is 0 Å². The van der Waals surface area contributed by atoms with Gasteiger partial charge in [0.15, 0.2) is 0 Å². The molecule has 2 rings (SSSR count). The Balaban J connectivity index is 2.29. The Bertz CT molecular complexity index is 575. The fraction of sp³-hybridized carbons (Fsp3) is 0.357. The van der Waals surface area contributed by atoms with Crippen molar-refractivity contribution in [2.45, 2.75) is 26.8 Å². The van der Waals surface area contributed by atoms with E-state index in [-0.39, 0.29) is 5.41 Å². The number of halogens is 1. The number of hydrogen-bond donors (Lipinski definition) is 0. The summed E-state index contributed by atoms with van der Waals surface area (Å²) < 4.78 is 2.12. The van der Waals surface area contributed by atoms with Gasteiger partial charge in [-0.05, 0) is 32.4 Å². The van der Waals surface area contributed by atoms with Crippen LogP contribution in [0.2, 0.25) is 5.02 Å². The van der Waals surface area contributed by atoms with E-state index in [0.717, 1.165) is 28.9 Å². The molecule has 88 valence electrons. The molecule has 0 aliphatic rings. The first-order valence-corrected chi connectivity index (χ1v) is 6.06. The summed E-state index contributed by atoms with van der Waals surface area (Å²) in [6.07, 6.45) is 2.85. The Kier molecular flexibility index (Phi) is 3.13. The molecule has 0 radical (unpaired) electrons. The lowest BCUT2D eigenvalue weighted by molar-refractivity contribution is 0.417. The summed E-state index contributed by atoms with van der Waals surface area (Å²) in [5, 5.41) is 10.9. The normalized spacial score (nSPS) is 11.6. The molecule has 3 heteroatoms. The molecule has 1 heterocycles. The Morgan fingerprint density at radius 3 is 2.82 bits per heavy atom. The monoisotopic (exact) mass is 246 g/mol. The lowest BCUT2D eigenvalue weighted by atomic mass is 9.91. The molecule has 0 aliphatic carbocycles. The van der Waals surface area contributed by atoms with Crippen molar-refractivity contribution in [2.75, 3.05) is 0 Å². The first-order valence-electron chi connectivity index (χ1n) is 5.68. The van der Waals surface area contributed by atoms with Crippen LogP contribution >= 0.6 is 11.6 Å². The van der Waals surface area contributed by atoms with Crippen LogP contribution in [0.3, 0.4) is 0 Å². The number of rotatable bonds is 3. The molecule has 0 saturated heterocycles. The zero-order chi connectivity index (χ0) is 12.5. The van der Waals surface area contributed by atoms with Gasteiger partial charge in [0.25, 0.3) is 0 Å². The van der Waals surface area contributed by atoms with Gasteiger partial charge in [-0.2, -0.15) is 5.26 Å². The minimum atomic E-state index is -0.294. The van der Waals surface area contributed by atoms with Crippen LogP contribution in [-0.4, -0.2) is 4.57 Å². The smallest absolute Gasteiger partial charge is 0.0684 e.